The molecule has 0 aliphatic carbocycles. The molecule has 0 heterocycles. The first-order valence-electron chi connectivity index (χ1n) is 3.50. The van der Waals surface area contributed by atoms with Gasteiger partial charge in [-0.05, 0) is 18.2 Å². The first-order valence-corrected chi connectivity index (χ1v) is 3.50. The lowest BCUT2D eigenvalue weighted by molar-refractivity contribution is -0.114. The fourth-order valence-corrected chi connectivity index (χ4v) is 0.870. The fourth-order valence-electron chi connectivity index (χ4n) is 0.870. The Morgan fingerprint density at radius 2 is 2.08 bits per heavy atom. The minimum atomic E-state index is -0.134. The number of anilines is 2. The second-order valence-electron chi connectivity index (χ2n) is 2.37. The van der Waals surface area contributed by atoms with Crippen molar-refractivity contribution in [3.63, 3.8) is 0 Å². The molecular weight excluding hydrogens is 156 g/mol. The summed E-state index contributed by atoms with van der Waals surface area (Å²) in [5.41, 5.74) is 3.19. The van der Waals surface area contributed by atoms with Crippen molar-refractivity contribution in [1.82, 2.24) is 0 Å². The third-order valence-electron chi connectivity index (χ3n) is 1.31. The largest absolute Gasteiger partial charge is 0.326 e. The van der Waals surface area contributed by atoms with Crippen LogP contribution in [0.1, 0.15) is 6.92 Å². The number of hydrogen-bond acceptors (Lipinski definition) is 3. The van der Waals surface area contributed by atoms with Crippen LogP contribution in [0.15, 0.2) is 24.3 Å². The van der Waals surface area contributed by atoms with E-state index < -0.39 is 0 Å². The van der Waals surface area contributed by atoms with Crippen molar-refractivity contribution in [2.24, 2.45) is 0 Å². The van der Waals surface area contributed by atoms with Gasteiger partial charge in [-0.25, -0.2) is 0 Å². The highest BCUT2D eigenvalue weighted by atomic mass is 16.5. The average molecular weight is 166 g/mol. The van der Waals surface area contributed by atoms with E-state index >= 15 is 0 Å². The van der Waals surface area contributed by atoms with Gasteiger partial charge in [0.1, 0.15) is 0 Å². The monoisotopic (exact) mass is 166 g/mol. The van der Waals surface area contributed by atoms with Gasteiger partial charge in [-0.15, -0.1) is 0 Å². The molecule has 0 unspecified atom stereocenters. The van der Waals surface area contributed by atoms with Crippen molar-refractivity contribution in [2.75, 3.05) is 10.8 Å². The standard InChI is InChI=1S/C8H10N2O2/c1-6(11)9-7-3-2-4-8(5-7)10-12/h2-5,10,12H,1H3,(H,9,11). The van der Waals surface area contributed by atoms with Gasteiger partial charge >= 0.3 is 0 Å². The first kappa shape index (κ1) is 8.55. The van der Waals surface area contributed by atoms with E-state index in [0.29, 0.717) is 11.4 Å². The minimum absolute atomic E-state index is 0.134. The molecule has 4 nitrogen and oxygen atoms in total. The van der Waals surface area contributed by atoms with Gasteiger partial charge in [0.2, 0.25) is 5.91 Å². The summed E-state index contributed by atoms with van der Waals surface area (Å²) in [6.45, 7) is 1.43. The van der Waals surface area contributed by atoms with E-state index in [4.69, 9.17) is 5.21 Å². The van der Waals surface area contributed by atoms with Gasteiger partial charge in [-0.3, -0.25) is 15.5 Å². The van der Waals surface area contributed by atoms with Crippen molar-refractivity contribution in [1.29, 1.82) is 0 Å². The highest BCUT2D eigenvalue weighted by Gasteiger charge is 1.95. The molecule has 0 atom stereocenters. The maximum Gasteiger partial charge on any atom is 0.221 e. The van der Waals surface area contributed by atoms with Gasteiger partial charge in [0.05, 0.1) is 5.69 Å². The Kier molecular flexibility index (Phi) is 2.66. The third-order valence-corrected chi connectivity index (χ3v) is 1.31. The van der Waals surface area contributed by atoms with Crippen molar-refractivity contribution in [3.05, 3.63) is 24.3 Å². The van der Waals surface area contributed by atoms with Crippen LogP contribution >= 0.6 is 0 Å². The molecule has 0 saturated heterocycles. The van der Waals surface area contributed by atoms with Crippen molar-refractivity contribution < 1.29 is 10.0 Å². The van der Waals surface area contributed by atoms with Gasteiger partial charge in [-0.1, -0.05) is 6.07 Å². The molecule has 0 aromatic heterocycles. The molecule has 12 heavy (non-hydrogen) atoms. The zero-order chi connectivity index (χ0) is 8.97. The lowest BCUT2D eigenvalue weighted by atomic mass is 10.3. The Balaban J connectivity index is 2.79. The van der Waals surface area contributed by atoms with E-state index in [1.54, 1.807) is 24.3 Å². The number of nitrogens with one attached hydrogen (secondary N) is 2. The van der Waals surface area contributed by atoms with Crippen molar-refractivity contribution >= 4 is 17.3 Å². The maximum absolute atomic E-state index is 10.6. The number of carbonyl (C=O) groups is 1. The summed E-state index contributed by atoms with van der Waals surface area (Å²) >= 11 is 0. The molecule has 0 fully saturated rings. The predicted octanol–water partition coefficient (Wildman–Crippen LogP) is 1.45. The Morgan fingerprint density at radius 1 is 1.42 bits per heavy atom. The molecule has 1 rings (SSSR count). The lowest BCUT2D eigenvalue weighted by Gasteiger charge is -2.03. The molecular formula is C8H10N2O2. The van der Waals surface area contributed by atoms with Gasteiger partial charge in [0, 0.05) is 12.6 Å². The highest BCUT2D eigenvalue weighted by molar-refractivity contribution is 5.89. The van der Waals surface area contributed by atoms with Gasteiger partial charge < -0.3 is 5.32 Å². The molecule has 0 bridgehead atoms. The van der Waals surface area contributed by atoms with Crippen LogP contribution in [0.4, 0.5) is 11.4 Å². The molecule has 4 heteroatoms. The van der Waals surface area contributed by atoms with Crippen LogP contribution < -0.4 is 10.8 Å². The molecule has 0 aliphatic heterocycles. The van der Waals surface area contributed by atoms with Gasteiger partial charge in [-0.2, -0.15) is 0 Å². The molecule has 1 aromatic rings. The Hall–Kier alpha value is -1.55. The smallest absolute Gasteiger partial charge is 0.221 e. The summed E-state index contributed by atoms with van der Waals surface area (Å²) in [7, 11) is 0. The van der Waals surface area contributed by atoms with E-state index in [0.717, 1.165) is 0 Å². The average Bonchev–Trinajstić information content (AvgIpc) is 2.03. The lowest BCUT2D eigenvalue weighted by Crippen LogP contribution is -2.05. The van der Waals surface area contributed by atoms with Gasteiger partial charge in [0.25, 0.3) is 0 Å². The Bertz CT molecular complexity index is 286. The molecule has 3 N–H and O–H groups in total. The van der Waals surface area contributed by atoms with E-state index in [1.807, 2.05) is 5.48 Å². The van der Waals surface area contributed by atoms with Crippen LogP contribution in [0.3, 0.4) is 0 Å². The second kappa shape index (κ2) is 3.73. The summed E-state index contributed by atoms with van der Waals surface area (Å²) < 4.78 is 0. The molecule has 0 spiro atoms. The SMILES string of the molecule is CC(=O)Nc1cccc(NO)c1. The first-order chi connectivity index (χ1) is 5.72. The van der Waals surface area contributed by atoms with E-state index in [-0.39, 0.29) is 5.91 Å². The van der Waals surface area contributed by atoms with Crippen LogP contribution in [0, 0.1) is 0 Å². The maximum atomic E-state index is 10.6. The topological polar surface area (TPSA) is 61.4 Å². The number of carbonyl (C=O) groups excluding carboxylic acids is 1. The molecule has 0 saturated carbocycles. The summed E-state index contributed by atoms with van der Waals surface area (Å²) in [4.78, 5) is 10.6. The van der Waals surface area contributed by atoms with E-state index in [1.165, 1.54) is 6.92 Å². The number of rotatable bonds is 2. The summed E-state index contributed by atoms with van der Waals surface area (Å²) in [6.07, 6.45) is 0. The number of amides is 1. The zero-order valence-corrected chi connectivity index (χ0v) is 6.66. The van der Waals surface area contributed by atoms with E-state index in [9.17, 15) is 4.79 Å². The van der Waals surface area contributed by atoms with Crippen LogP contribution in [0.25, 0.3) is 0 Å². The molecule has 1 aromatic carbocycles. The quantitative estimate of drug-likeness (QED) is 0.582. The molecule has 64 valence electrons. The molecule has 0 radical (unpaired) electrons. The Labute approximate surface area is 70.2 Å². The summed E-state index contributed by atoms with van der Waals surface area (Å²) in [5.74, 6) is -0.134. The minimum Gasteiger partial charge on any atom is -0.326 e. The fraction of sp³-hybridized carbons (Fsp3) is 0.125. The number of hydrogen-bond donors (Lipinski definition) is 3. The predicted molar refractivity (Wildman–Crippen MR) is 46.2 cm³/mol. The molecule has 1 amide bonds. The second-order valence-corrected chi connectivity index (χ2v) is 2.37. The molecule has 0 aliphatic rings. The van der Waals surface area contributed by atoms with Crippen LogP contribution in [-0.2, 0) is 4.79 Å². The normalized spacial score (nSPS) is 9.17. The van der Waals surface area contributed by atoms with Crippen LogP contribution in [0.5, 0.6) is 0 Å². The van der Waals surface area contributed by atoms with Crippen molar-refractivity contribution in [2.45, 2.75) is 6.92 Å². The summed E-state index contributed by atoms with van der Waals surface area (Å²) in [5, 5.41) is 11.1. The van der Waals surface area contributed by atoms with Crippen LogP contribution in [-0.4, -0.2) is 11.1 Å². The van der Waals surface area contributed by atoms with Gasteiger partial charge in [0.15, 0.2) is 0 Å². The highest BCUT2D eigenvalue weighted by Crippen LogP contribution is 2.13. The zero-order valence-electron chi connectivity index (χ0n) is 6.66. The summed E-state index contributed by atoms with van der Waals surface area (Å²) in [6, 6.07) is 6.78. The Morgan fingerprint density at radius 3 is 2.67 bits per heavy atom. The van der Waals surface area contributed by atoms with Crippen molar-refractivity contribution in [3.8, 4) is 0 Å². The number of benzene rings is 1. The third kappa shape index (κ3) is 2.25. The van der Waals surface area contributed by atoms with E-state index in [2.05, 4.69) is 5.32 Å². The van der Waals surface area contributed by atoms with Crippen LogP contribution in [0.2, 0.25) is 0 Å².